The third kappa shape index (κ3) is 3.46. The number of hydrogen-bond donors (Lipinski definition) is 0. The van der Waals surface area contributed by atoms with Gasteiger partial charge in [-0.25, -0.2) is 0 Å². The molecular weight excluding hydrogens is 573 g/mol. The van der Waals surface area contributed by atoms with Crippen LogP contribution >= 0.6 is 0 Å². The van der Waals surface area contributed by atoms with Crippen LogP contribution in [0.15, 0.2) is 158 Å². The zero-order chi connectivity index (χ0) is 31.1. The molecule has 0 aliphatic rings. The molecule has 0 N–H and O–H groups in total. The monoisotopic (exact) mass is 598 g/mol. The lowest BCUT2D eigenvalue weighted by atomic mass is 10.0. The van der Waals surface area contributed by atoms with Gasteiger partial charge in [-0.1, -0.05) is 109 Å². The molecule has 0 fully saturated rings. The second kappa shape index (κ2) is 9.71. The first kappa shape index (κ1) is 25.7. The number of aromatic nitrogens is 3. The van der Waals surface area contributed by atoms with Gasteiger partial charge in [-0.05, 0) is 48.5 Å². The molecule has 7 aromatic carbocycles. The van der Waals surface area contributed by atoms with Gasteiger partial charge < -0.3 is 13.7 Å². The highest BCUT2D eigenvalue weighted by molar-refractivity contribution is 6.19. The van der Waals surface area contributed by atoms with Crippen LogP contribution in [0.25, 0.3) is 82.5 Å². The summed E-state index contributed by atoms with van der Waals surface area (Å²) in [6.07, 6.45) is 0. The zero-order valence-electron chi connectivity index (χ0n) is 25.3. The summed E-state index contributed by atoms with van der Waals surface area (Å²) < 4.78 is 6.96. The molecule has 0 saturated heterocycles. The smallest absolute Gasteiger partial charge is 0.104 e. The van der Waals surface area contributed by atoms with Gasteiger partial charge >= 0.3 is 0 Å². The molecule has 0 unspecified atom stereocenters. The van der Waals surface area contributed by atoms with Gasteiger partial charge in [0.25, 0.3) is 0 Å². The van der Waals surface area contributed by atoms with E-state index >= 15 is 0 Å². The lowest BCUT2D eigenvalue weighted by molar-refractivity contribution is 1.12. The van der Waals surface area contributed by atoms with E-state index < -0.39 is 0 Å². The molecule has 10 aromatic rings. The number of para-hydroxylation sites is 6. The molecule has 0 saturated carbocycles. The van der Waals surface area contributed by atoms with Gasteiger partial charge in [0.2, 0.25) is 0 Å². The van der Waals surface area contributed by atoms with Gasteiger partial charge in [0.05, 0.1) is 44.5 Å². The highest BCUT2D eigenvalue weighted by Crippen LogP contribution is 2.44. The molecule has 0 bridgehead atoms. The summed E-state index contributed by atoms with van der Waals surface area (Å²) in [5.74, 6) is 0. The van der Waals surface area contributed by atoms with Crippen LogP contribution in [0, 0.1) is 11.3 Å². The summed E-state index contributed by atoms with van der Waals surface area (Å²) in [7, 11) is 0. The van der Waals surface area contributed by atoms with E-state index in [9.17, 15) is 5.26 Å². The van der Waals surface area contributed by atoms with Crippen LogP contribution in [-0.2, 0) is 0 Å². The first-order valence-corrected chi connectivity index (χ1v) is 15.9. The van der Waals surface area contributed by atoms with Crippen molar-refractivity contribution < 1.29 is 0 Å². The first-order valence-electron chi connectivity index (χ1n) is 15.9. The van der Waals surface area contributed by atoms with Gasteiger partial charge in [-0.3, -0.25) is 0 Å². The maximum atomic E-state index is 11.4. The number of nitrogens with zero attached hydrogens (tertiary/aromatic N) is 4. The van der Waals surface area contributed by atoms with Crippen molar-refractivity contribution in [3.63, 3.8) is 0 Å². The Kier molecular flexibility index (Phi) is 5.32. The van der Waals surface area contributed by atoms with Crippen LogP contribution in [0.2, 0.25) is 0 Å². The molecule has 0 radical (unpaired) electrons. The Morgan fingerprint density at radius 2 is 0.787 bits per heavy atom. The second-order valence-electron chi connectivity index (χ2n) is 12.1. The van der Waals surface area contributed by atoms with Gasteiger partial charge in [0, 0.05) is 38.0 Å². The lowest BCUT2D eigenvalue weighted by Gasteiger charge is -2.18. The van der Waals surface area contributed by atoms with Gasteiger partial charge in [-0.2, -0.15) is 5.26 Å². The average molecular weight is 599 g/mol. The van der Waals surface area contributed by atoms with Crippen molar-refractivity contribution in [1.29, 1.82) is 5.26 Å². The number of benzene rings is 7. The van der Waals surface area contributed by atoms with Crippen molar-refractivity contribution in [2.45, 2.75) is 0 Å². The van der Waals surface area contributed by atoms with Crippen molar-refractivity contribution in [1.82, 2.24) is 13.7 Å². The minimum absolute atomic E-state index is 0.631. The Morgan fingerprint density at radius 3 is 1.28 bits per heavy atom. The predicted molar refractivity (Wildman–Crippen MR) is 194 cm³/mol. The quantitative estimate of drug-likeness (QED) is 0.199. The Bertz CT molecular complexity index is 2810. The Labute approximate surface area is 270 Å². The number of rotatable bonds is 3. The molecule has 0 atom stereocenters. The molecular formula is C43H26N4. The van der Waals surface area contributed by atoms with E-state index in [1.807, 2.05) is 0 Å². The summed E-state index contributed by atoms with van der Waals surface area (Å²) in [5, 5.41) is 18.2. The van der Waals surface area contributed by atoms with Gasteiger partial charge in [0.1, 0.15) is 11.6 Å². The van der Waals surface area contributed by atoms with E-state index in [1.165, 1.54) is 0 Å². The Morgan fingerprint density at radius 1 is 0.383 bits per heavy atom. The predicted octanol–water partition coefficient (Wildman–Crippen LogP) is 10.8. The second-order valence-corrected chi connectivity index (χ2v) is 12.1. The highest BCUT2D eigenvalue weighted by Gasteiger charge is 2.26. The van der Waals surface area contributed by atoms with Crippen LogP contribution in [0.3, 0.4) is 0 Å². The molecule has 218 valence electrons. The van der Waals surface area contributed by atoms with Crippen molar-refractivity contribution in [2.24, 2.45) is 0 Å². The van der Waals surface area contributed by atoms with E-state index in [0.717, 1.165) is 82.5 Å². The third-order valence-corrected chi connectivity index (χ3v) is 9.67. The maximum Gasteiger partial charge on any atom is 0.104 e. The molecule has 0 spiro atoms. The normalized spacial score (nSPS) is 11.8. The van der Waals surface area contributed by atoms with Crippen molar-refractivity contribution >= 4 is 65.4 Å². The van der Waals surface area contributed by atoms with Crippen molar-refractivity contribution in [3.05, 3.63) is 163 Å². The Hall–Kier alpha value is -6.57. The zero-order valence-corrected chi connectivity index (χ0v) is 25.3. The Balaban J connectivity index is 1.51. The SMILES string of the molecule is N#Cc1c(-n2c3ccccc3c3ccccc32)cc2c(c1-n1c3ccccc3c3ccccc31)c1ccccc1n2-c1ccccc1. The molecule has 3 aromatic heterocycles. The fourth-order valence-electron chi connectivity index (χ4n) is 7.80. The minimum atomic E-state index is 0.631. The molecule has 4 nitrogen and oxygen atoms in total. The summed E-state index contributed by atoms with van der Waals surface area (Å²) in [4.78, 5) is 0. The molecule has 0 amide bonds. The molecule has 4 heteroatoms. The topological polar surface area (TPSA) is 38.6 Å². The van der Waals surface area contributed by atoms with Gasteiger partial charge in [0.15, 0.2) is 0 Å². The molecule has 10 rings (SSSR count). The average Bonchev–Trinajstić information content (AvgIpc) is 3.77. The standard InChI is InChI=1S/C43H26N4/c44-27-34-40(46-35-21-9-4-16-29(35)30-17-5-10-22-36(30)46)26-41-42(33-20-8-13-25-39(33)45(41)28-14-2-1-3-15-28)43(34)47-37-23-11-6-18-31(37)32-19-7-12-24-38(32)47/h1-26H. The van der Waals surface area contributed by atoms with Crippen molar-refractivity contribution in [2.75, 3.05) is 0 Å². The fourth-order valence-corrected chi connectivity index (χ4v) is 7.80. The van der Waals surface area contributed by atoms with E-state index in [-0.39, 0.29) is 0 Å². The molecule has 47 heavy (non-hydrogen) atoms. The number of fused-ring (bicyclic) bond motifs is 9. The summed E-state index contributed by atoms with van der Waals surface area (Å²) in [6, 6.07) is 58.2. The molecule has 3 heterocycles. The largest absolute Gasteiger partial charge is 0.309 e. The van der Waals surface area contributed by atoms with Crippen LogP contribution in [-0.4, -0.2) is 13.7 Å². The van der Waals surface area contributed by atoms with Crippen LogP contribution < -0.4 is 0 Å². The minimum Gasteiger partial charge on any atom is -0.309 e. The summed E-state index contributed by atoms with van der Waals surface area (Å²) in [5.41, 5.74) is 9.88. The van der Waals surface area contributed by atoms with Crippen LogP contribution in [0.1, 0.15) is 5.56 Å². The van der Waals surface area contributed by atoms with E-state index in [1.54, 1.807) is 0 Å². The van der Waals surface area contributed by atoms with Gasteiger partial charge in [-0.15, -0.1) is 0 Å². The maximum absolute atomic E-state index is 11.4. The van der Waals surface area contributed by atoms with Crippen molar-refractivity contribution in [3.8, 4) is 23.1 Å². The number of nitriles is 1. The molecule has 0 aliphatic carbocycles. The summed E-state index contributed by atoms with van der Waals surface area (Å²) >= 11 is 0. The lowest BCUT2D eigenvalue weighted by Crippen LogP contribution is -2.06. The fraction of sp³-hybridized carbons (Fsp3) is 0. The van der Waals surface area contributed by atoms with E-state index in [2.05, 4.69) is 177 Å². The molecule has 0 aliphatic heterocycles. The third-order valence-electron chi connectivity index (χ3n) is 9.67. The highest BCUT2D eigenvalue weighted by atomic mass is 15.0. The van der Waals surface area contributed by atoms with Crippen LogP contribution in [0.5, 0.6) is 0 Å². The summed E-state index contributed by atoms with van der Waals surface area (Å²) in [6.45, 7) is 0. The first-order chi connectivity index (χ1) is 23.3. The van der Waals surface area contributed by atoms with Crippen LogP contribution in [0.4, 0.5) is 0 Å². The van der Waals surface area contributed by atoms with E-state index in [0.29, 0.717) is 5.56 Å². The van der Waals surface area contributed by atoms with E-state index in [4.69, 9.17) is 0 Å². The number of hydrogen-bond acceptors (Lipinski definition) is 1.